The number of ether oxygens (including phenoxy) is 2. The molecule has 1 aromatic carbocycles. The number of esters is 1. The lowest BCUT2D eigenvalue weighted by Crippen LogP contribution is -2.68. The number of halogens is 2. The maximum absolute atomic E-state index is 13.1. The minimum atomic E-state index is -0.876. The molecule has 3 heterocycles. The second-order valence-electron chi connectivity index (χ2n) is 7.08. The molecule has 154 valence electrons. The predicted octanol–water partition coefficient (Wildman–Crippen LogP) is 2.56. The summed E-state index contributed by atoms with van der Waals surface area (Å²) < 4.78 is 10.9. The normalized spacial score (nSPS) is 27.3. The first kappa shape index (κ1) is 20.7. The molecule has 0 N–H and O–H groups in total. The molecule has 8 nitrogen and oxygen atoms in total. The fourth-order valence-electron chi connectivity index (χ4n) is 3.57. The lowest BCUT2D eigenvalue weighted by Gasteiger charge is -2.46. The number of β-lactam (4-membered cyclic amide) rings is 1. The fraction of sp³-hybridized carbons (Fsp3) is 0.444. The topological polar surface area (TPSA) is 86.5 Å². The predicted molar refractivity (Wildman–Crippen MR) is 114 cm³/mol. The Morgan fingerprint density at radius 3 is 2.66 bits per heavy atom. The Labute approximate surface area is 188 Å². The van der Waals surface area contributed by atoms with Gasteiger partial charge in [0.25, 0.3) is 5.91 Å². The van der Waals surface area contributed by atoms with Crippen LogP contribution in [0.4, 0.5) is 0 Å². The molecule has 4 rings (SSSR count). The molecular formula is C18H18Br2N4O4S. The number of hydrogen-bond donors (Lipinski definition) is 0. The van der Waals surface area contributed by atoms with Crippen LogP contribution in [0, 0.1) is 0 Å². The Balaban J connectivity index is 1.54. The van der Waals surface area contributed by atoms with E-state index >= 15 is 0 Å². The van der Waals surface area contributed by atoms with Crippen molar-refractivity contribution in [1.29, 1.82) is 0 Å². The van der Waals surface area contributed by atoms with Crippen LogP contribution in [0.15, 0.2) is 36.7 Å². The van der Waals surface area contributed by atoms with Crippen molar-refractivity contribution >= 4 is 55.5 Å². The van der Waals surface area contributed by atoms with Crippen molar-refractivity contribution in [1.82, 2.24) is 19.9 Å². The van der Waals surface area contributed by atoms with Gasteiger partial charge in [0, 0.05) is 6.20 Å². The number of aromatic nitrogens is 3. The van der Waals surface area contributed by atoms with E-state index in [0.29, 0.717) is 6.54 Å². The highest BCUT2D eigenvalue weighted by Crippen LogP contribution is 2.60. The van der Waals surface area contributed by atoms with E-state index in [4.69, 9.17) is 9.47 Å². The maximum Gasteiger partial charge on any atom is 0.330 e. The quantitative estimate of drug-likeness (QED) is 0.313. The summed E-state index contributed by atoms with van der Waals surface area (Å²) in [6.45, 7) is 2.47. The molecule has 11 heteroatoms. The Kier molecular flexibility index (Phi) is 5.41. The molecule has 1 amide bonds. The molecule has 0 radical (unpaired) electrons. The Morgan fingerprint density at radius 2 is 2.03 bits per heavy atom. The van der Waals surface area contributed by atoms with Crippen molar-refractivity contribution < 1.29 is 19.1 Å². The smallest absolute Gasteiger partial charge is 0.330 e. The van der Waals surface area contributed by atoms with Gasteiger partial charge in [0.2, 0.25) is 0 Å². The number of alkyl halides is 2. The molecule has 2 aliphatic rings. The first-order valence-corrected chi connectivity index (χ1v) is 11.2. The minimum absolute atomic E-state index is 0.115. The highest BCUT2D eigenvalue weighted by molar-refractivity contribution is 9.26. The number of carbonyl (C=O) groups is 2. The molecule has 0 aliphatic carbocycles. The molecule has 2 aromatic rings. The molecule has 29 heavy (non-hydrogen) atoms. The number of methoxy groups -OCH3 is 1. The van der Waals surface area contributed by atoms with Crippen LogP contribution in [-0.4, -0.2) is 58.3 Å². The number of benzene rings is 1. The van der Waals surface area contributed by atoms with Gasteiger partial charge in [0.15, 0.2) is 3.23 Å². The molecule has 1 aromatic heterocycles. The molecule has 0 bridgehead atoms. The third-order valence-electron chi connectivity index (χ3n) is 5.03. The number of rotatable bonds is 6. The second-order valence-corrected chi connectivity index (χ2v) is 12.3. The van der Waals surface area contributed by atoms with Crippen LogP contribution < -0.4 is 4.74 Å². The van der Waals surface area contributed by atoms with Gasteiger partial charge in [-0.1, -0.05) is 49.2 Å². The van der Waals surface area contributed by atoms with E-state index in [2.05, 4.69) is 42.2 Å². The summed E-state index contributed by atoms with van der Waals surface area (Å²) in [6, 6.07) is 6.55. The van der Waals surface area contributed by atoms with Crippen molar-refractivity contribution in [2.45, 2.75) is 39.5 Å². The highest BCUT2D eigenvalue weighted by atomic mass is 79.9. The third-order valence-corrected chi connectivity index (χ3v) is 8.88. The van der Waals surface area contributed by atoms with E-state index in [0.717, 1.165) is 11.3 Å². The zero-order chi connectivity index (χ0) is 20.8. The summed E-state index contributed by atoms with van der Waals surface area (Å²) in [7, 11) is 1.59. The van der Waals surface area contributed by atoms with Crippen LogP contribution in [0.3, 0.4) is 0 Å². The third kappa shape index (κ3) is 3.57. The number of amides is 1. The molecule has 0 spiro atoms. The maximum atomic E-state index is 13.1. The number of carbonyl (C=O) groups excluding carboxylic acids is 2. The van der Waals surface area contributed by atoms with E-state index in [1.54, 1.807) is 40.8 Å². The molecule has 3 unspecified atom stereocenters. The average Bonchev–Trinajstić information content (AvgIpc) is 3.31. The first-order chi connectivity index (χ1) is 13.8. The van der Waals surface area contributed by atoms with Gasteiger partial charge in [-0.25, -0.2) is 4.79 Å². The van der Waals surface area contributed by atoms with Crippen molar-refractivity contribution in [3.8, 4) is 5.75 Å². The van der Waals surface area contributed by atoms with Crippen LogP contribution in [0.5, 0.6) is 5.75 Å². The molecule has 0 saturated carbocycles. The zero-order valence-corrected chi connectivity index (χ0v) is 19.6. The Morgan fingerprint density at radius 1 is 1.31 bits per heavy atom. The summed E-state index contributed by atoms with van der Waals surface area (Å²) in [5.74, 6) is 0.0960. The van der Waals surface area contributed by atoms with E-state index < -0.39 is 20.0 Å². The van der Waals surface area contributed by atoms with Crippen LogP contribution in [0.25, 0.3) is 0 Å². The summed E-state index contributed by atoms with van der Waals surface area (Å²) in [6.07, 6.45) is 3.32. The van der Waals surface area contributed by atoms with Gasteiger partial charge >= 0.3 is 5.97 Å². The van der Waals surface area contributed by atoms with Crippen molar-refractivity contribution in [2.24, 2.45) is 0 Å². The van der Waals surface area contributed by atoms with Crippen LogP contribution >= 0.6 is 43.6 Å². The van der Waals surface area contributed by atoms with Crippen LogP contribution in [0.1, 0.15) is 12.5 Å². The van der Waals surface area contributed by atoms with Crippen LogP contribution in [0.2, 0.25) is 0 Å². The number of nitrogens with zero attached hydrogens (tertiary/aromatic N) is 4. The average molecular weight is 546 g/mol. The van der Waals surface area contributed by atoms with E-state index in [9.17, 15) is 9.59 Å². The lowest BCUT2D eigenvalue weighted by molar-refractivity contribution is -0.162. The molecule has 2 fully saturated rings. The molecular weight excluding hydrogens is 528 g/mol. The standard InChI is InChI=1S/C18H18Br2N4O4S/c1-17(10-23-8-7-21-22-23)13(24-15(26)18(19,20)16(24)29-17)14(25)28-9-11-3-5-12(27-2)6-4-11/h3-8,13,16H,9-10H2,1-2H3. The van der Waals surface area contributed by atoms with Gasteiger partial charge in [-0.3, -0.25) is 9.48 Å². The van der Waals surface area contributed by atoms with Crippen molar-refractivity contribution in [3.63, 3.8) is 0 Å². The zero-order valence-electron chi connectivity index (χ0n) is 15.6. The number of hydrogen-bond acceptors (Lipinski definition) is 7. The van der Waals surface area contributed by atoms with E-state index in [-0.39, 0.29) is 17.9 Å². The SMILES string of the molecule is COc1ccc(COC(=O)C2N3C(=O)C(Br)(Br)C3SC2(C)Cn2ccnn2)cc1. The largest absolute Gasteiger partial charge is 0.497 e. The lowest BCUT2D eigenvalue weighted by atomic mass is 9.96. The fourth-order valence-corrected chi connectivity index (χ4v) is 6.62. The van der Waals surface area contributed by atoms with Crippen molar-refractivity contribution in [3.05, 3.63) is 42.2 Å². The van der Waals surface area contributed by atoms with Crippen molar-refractivity contribution in [2.75, 3.05) is 7.11 Å². The van der Waals surface area contributed by atoms with E-state index in [1.165, 1.54) is 0 Å². The molecule has 3 atom stereocenters. The minimum Gasteiger partial charge on any atom is -0.497 e. The summed E-state index contributed by atoms with van der Waals surface area (Å²) in [5.41, 5.74) is 0.838. The van der Waals surface area contributed by atoms with E-state index in [1.807, 2.05) is 31.2 Å². The molecule has 2 aliphatic heterocycles. The summed E-state index contributed by atoms with van der Waals surface area (Å²) in [5, 5.41) is 7.61. The van der Waals surface area contributed by atoms with Gasteiger partial charge in [-0.2, -0.15) is 0 Å². The Bertz CT molecular complexity index is 924. The van der Waals surface area contributed by atoms with Gasteiger partial charge < -0.3 is 14.4 Å². The van der Waals surface area contributed by atoms with Crippen LogP contribution in [-0.2, 0) is 27.5 Å². The van der Waals surface area contributed by atoms with Gasteiger partial charge in [-0.15, -0.1) is 16.9 Å². The van der Waals surface area contributed by atoms with Gasteiger partial charge in [0.05, 0.1) is 24.6 Å². The Hall–Kier alpha value is -1.59. The first-order valence-electron chi connectivity index (χ1n) is 8.78. The summed E-state index contributed by atoms with van der Waals surface area (Å²) in [4.78, 5) is 27.4. The summed E-state index contributed by atoms with van der Waals surface area (Å²) >= 11 is 8.42. The molecule has 2 saturated heterocycles. The number of thioether (sulfide) groups is 1. The van der Waals surface area contributed by atoms with Gasteiger partial charge in [-0.05, 0) is 24.6 Å². The van der Waals surface area contributed by atoms with Gasteiger partial charge in [0.1, 0.15) is 23.8 Å². The number of fused-ring (bicyclic) bond motifs is 1. The highest BCUT2D eigenvalue weighted by Gasteiger charge is 2.71. The monoisotopic (exact) mass is 544 g/mol. The second kappa shape index (κ2) is 7.59.